The molecule has 12 heavy (non-hydrogen) atoms. The Morgan fingerprint density at radius 1 is 1.00 bits per heavy atom. The highest BCUT2D eigenvalue weighted by Crippen LogP contribution is 2.31. The minimum atomic E-state index is -0.860. The van der Waals surface area contributed by atoms with Gasteiger partial charge in [0, 0.05) is 25.7 Å². The van der Waals surface area contributed by atoms with E-state index in [2.05, 4.69) is 46.2 Å². The summed E-state index contributed by atoms with van der Waals surface area (Å²) in [5, 5.41) is 0. The molecular formula is C9H25Si3. The Balaban J connectivity index is 4.45. The maximum absolute atomic E-state index is 4.06. The molecule has 0 spiro atoms. The topological polar surface area (TPSA) is 0 Å². The predicted molar refractivity (Wildman–Crippen MR) is 69.2 cm³/mol. The molecule has 0 aromatic heterocycles. The van der Waals surface area contributed by atoms with Crippen molar-refractivity contribution in [3.8, 4) is 0 Å². The molecule has 0 aliphatic carbocycles. The second-order valence-corrected chi connectivity index (χ2v) is 21.1. The molecule has 0 aliphatic heterocycles. The fourth-order valence-electron chi connectivity index (χ4n) is 2.37. The van der Waals surface area contributed by atoms with Gasteiger partial charge in [-0.2, -0.15) is 0 Å². The zero-order valence-corrected chi connectivity index (χ0v) is 13.1. The van der Waals surface area contributed by atoms with Crippen molar-refractivity contribution in [2.75, 3.05) is 0 Å². The SMILES string of the molecule is [CH2]C[SiH2]C([Si](C)(C)C)[Si](C)(C)C. The standard InChI is InChI=1S/C9H25Si3/c1-8-10-9(11(2,3)4)12(5,6)7/h9H,1,8,10H2,2-7H3. The fourth-order valence-corrected chi connectivity index (χ4v) is 21.3. The monoisotopic (exact) mass is 217 g/mol. The van der Waals surface area contributed by atoms with Crippen molar-refractivity contribution in [2.24, 2.45) is 0 Å². The molecule has 73 valence electrons. The number of hydrogen-bond donors (Lipinski definition) is 0. The molecule has 0 heterocycles. The first kappa shape index (κ1) is 12.7. The number of hydrogen-bond acceptors (Lipinski definition) is 0. The largest absolute Gasteiger partial charge is 0.0698 e. The van der Waals surface area contributed by atoms with Crippen LogP contribution in [0.4, 0.5) is 0 Å². The molecule has 3 heteroatoms. The van der Waals surface area contributed by atoms with Crippen molar-refractivity contribution in [3.63, 3.8) is 0 Å². The van der Waals surface area contributed by atoms with Crippen LogP contribution in [0.15, 0.2) is 0 Å². The van der Waals surface area contributed by atoms with Crippen LogP contribution in [0.2, 0.25) is 50.1 Å². The van der Waals surface area contributed by atoms with Crippen LogP contribution in [-0.4, -0.2) is 25.7 Å². The minimum absolute atomic E-state index is 0.140. The second-order valence-electron chi connectivity index (χ2n) is 5.93. The average Bonchev–Trinajstić information content (AvgIpc) is 1.77. The summed E-state index contributed by atoms with van der Waals surface area (Å²) in [6, 6.07) is 1.26. The van der Waals surface area contributed by atoms with Gasteiger partial charge < -0.3 is 0 Å². The summed E-state index contributed by atoms with van der Waals surface area (Å²) in [5.74, 6) is 0. The van der Waals surface area contributed by atoms with Crippen LogP contribution in [0.1, 0.15) is 0 Å². The highest BCUT2D eigenvalue weighted by molar-refractivity contribution is 7.04. The molecule has 0 aromatic carbocycles. The van der Waals surface area contributed by atoms with E-state index >= 15 is 0 Å². The lowest BCUT2D eigenvalue weighted by Crippen LogP contribution is -2.46. The summed E-state index contributed by atoms with van der Waals surface area (Å²) in [6.07, 6.45) is 0. The van der Waals surface area contributed by atoms with Crippen LogP contribution in [0.3, 0.4) is 0 Å². The van der Waals surface area contributed by atoms with Gasteiger partial charge in [-0.25, -0.2) is 0 Å². The Morgan fingerprint density at radius 3 is 1.42 bits per heavy atom. The van der Waals surface area contributed by atoms with Crippen LogP contribution in [0.25, 0.3) is 0 Å². The highest BCUT2D eigenvalue weighted by atomic mass is 28.4. The quantitative estimate of drug-likeness (QED) is 0.635. The Labute approximate surface area is 83.0 Å². The summed E-state index contributed by atoms with van der Waals surface area (Å²) >= 11 is 0. The van der Waals surface area contributed by atoms with Gasteiger partial charge in [0.1, 0.15) is 0 Å². The Morgan fingerprint density at radius 2 is 1.33 bits per heavy atom. The van der Waals surface area contributed by atoms with Gasteiger partial charge in [-0.1, -0.05) is 57.0 Å². The van der Waals surface area contributed by atoms with Crippen LogP contribution in [-0.2, 0) is 0 Å². The first-order valence-corrected chi connectivity index (χ1v) is 14.0. The highest BCUT2D eigenvalue weighted by Gasteiger charge is 2.36. The summed E-state index contributed by atoms with van der Waals surface area (Å²) < 4.78 is 0. The molecule has 0 aromatic rings. The van der Waals surface area contributed by atoms with Gasteiger partial charge in [0.05, 0.1) is 0 Å². The lowest BCUT2D eigenvalue weighted by molar-refractivity contribution is 1.39. The molecule has 0 nitrogen and oxygen atoms in total. The Kier molecular flexibility index (Phi) is 4.47. The lowest BCUT2D eigenvalue weighted by atomic mass is 11.0. The van der Waals surface area contributed by atoms with Crippen molar-refractivity contribution < 1.29 is 0 Å². The van der Waals surface area contributed by atoms with Crippen LogP contribution in [0, 0.1) is 6.92 Å². The molecule has 0 atom stereocenters. The third-order valence-corrected chi connectivity index (χ3v) is 22.0. The molecular weight excluding hydrogens is 192 g/mol. The maximum atomic E-state index is 4.06. The van der Waals surface area contributed by atoms with Crippen LogP contribution < -0.4 is 0 Å². The van der Waals surface area contributed by atoms with Crippen molar-refractivity contribution in [1.29, 1.82) is 0 Å². The molecule has 0 amide bonds. The van der Waals surface area contributed by atoms with E-state index in [0.29, 0.717) is 0 Å². The normalized spacial score (nSPS) is 15.0. The van der Waals surface area contributed by atoms with E-state index in [9.17, 15) is 0 Å². The van der Waals surface area contributed by atoms with Gasteiger partial charge in [-0.3, -0.25) is 0 Å². The van der Waals surface area contributed by atoms with Crippen molar-refractivity contribution in [2.45, 2.75) is 50.1 Å². The van der Waals surface area contributed by atoms with E-state index in [4.69, 9.17) is 0 Å². The van der Waals surface area contributed by atoms with E-state index in [1.807, 2.05) is 0 Å². The zero-order valence-electron chi connectivity index (χ0n) is 9.70. The second kappa shape index (κ2) is 4.24. The van der Waals surface area contributed by atoms with E-state index < -0.39 is 16.1 Å². The predicted octanol–water partition coefficient (Wildman–Crippen LogP) is 2.95. The van der Waals surface area contributed by atoms with Gasteiger partial charge >= 0.3 is 0 Å². The smallest absolute Gasteiger partial charge is 0.0416 e. The molecule has 0 saturated heterocycles. The molecule has 0 N–H and O–H groups in total. The van der Waals surface area contributed by atoms with E-state index in [1.54, 1.807) is 0 Å². The third kappa shape index (κ3) is 4.05. The molecule has 1 radical (unpaired) electrons. The summed E-state index contributed by atoms with van der Waals surface area (Å²) in [5.41, 5.74) is 0. The molecule has 0 fully saturated rings. The molecule has 0 saturated carbocycles. The van der Waals surface area contributed by atoms with Crippen molar-refractivity contribution in [1.82, 2.24) is 0 Å². The summed E-state index contributed by atoms with van der Waals surface area (Å²) in [4.78, 5) is 1.18. The van der Waals surface area contributed by atoms with Gasteiger partial charge in [-0.15, -0.1) is 0 Å². The first-order chi connectivity index (χ1) is 5.19. The first-order valence-electron chi connectivity index (χ1n) is 4.99. The molecule has 0 bridgehead atoms. The van der Waals surface area contributed by atoms with Gasteiger partial charge in [0.15, 0.2) is 0 Å². The maximum Gasteiger partial charge on any atom is 0.0416 e. The van der Waals surface area contributed by atoms with E-state index in [-0.39, 0.29) is 9.52 Å². The fraction of sp³-hybridized carbons (Fsp3) is 0.889. The van der Waals surface area contributed by atoms with E-state index in [0.717, 1.165) is 0 Å². The summed E-state index contributed by atoms with van der Waals surface area (Å²) in [6.45, 7) is 19.3. The van der Waals surface area contributed by atoms with Crippen LogP contribution >= 0.6 is 0 Å². The minimum Gasteiger partial charge on any atom is -0.0698 e. The summed E-state index contributed by atoms with van der Waals surface area (Å²) in [7, 11) is -1.58. The van der Waals surface area contributed by atoms with Crippen molar-refractivity contribution in [3.05, 3.63) is 6.92 Å². The Bertz CT molecular complexity index is 116. The van der Waals surface area contributed by atoms with Crippen molar-refractivity contribution >= 4 is 25.7 Å². The Hall–Kier alpha value is 0.651. The molecule has 0 aliphatic rings. The third-order valence-electron chi connectivity index (χ3n) is 2.58. The number of rotatable bonds is 4. The molecule has 0 unspecified atom stereocenters. The van der Waals surface area contributed by atoms with Gasteiger partial charge in [0.2, 0.25) is 0 Å². The zero-order chi connectivity index (χ0) is 9.99. The van der Waals surface area contributed by atoms with E-state index in [1.165, 1.54) is 10.8 Å². The van der Waals surface area contributed by atoms with Gasteiger partial charge in [0.25, 0.3) is 0 Å². The average molecular weight is 218 g/mol. The lowest BCUT2D eigenvalue weighted by Gasteiger charge is -2.38. The van der Waals surface area contributed by atoms with Crippen LogP contribution in [0.5, 0.6) is 0 Å². The molecule has 0 rings (SSSR count). The van der Waals surface area contributed by atoms with Gasteiger partial charge in [-0.05, 0) is 0 Å².